The number of rotatable bonds is 3. The van der Waals surface area contributed by atoms with Crippen LogP contribution in [0.5, 0.6) is 11.5 Å². The molecule has 0 aromatic heterocycles. The van der Waals surface area contributed by atoms with E-state index in [0.717, 1.165) is 0 Å². The van der Waals surface area contributed by atoms with E-state index < -0.39 is 0 Å². The fourth-order valence-corrected chi connectivity index (χ4v) is 1.81. The van der Waals surface area contributed by atoms with Gasteiger partial charge in [-0.25, -0.2) is 4.39 Å². The Morgan fingerprint density at radius 2 is 1.89 bits per heavy atom. The van der Waals surface area contributed by atoms with Crippen LogP contribution in [-0.2, 0) is 0 Å². The second-order valence-electron chi connectivity index (χ2n) is 3.76. The first-order valence-electron chi connectivity index (χ1n) is 5.30. The van der Waals surface area contributed by atoms with Crippen molar-refractivity contribution in [3.8, 4) is 11.5 Å². The van der Waals surface area contributed by atoms with Crippen LogP contribution in [0, 0.1) is 5.82 Å². The predicted octanol–water partition coefficient (Wildman–Crippen LogP) is 4.58. The van der Waals surface area contributed by atoms with Crippen molar-refractivity contribution < 1.29 is 13.9 Å². The lowest BCUT2D eigenvalue weighted by Gasteiger charge is -2.07. The van der Waals surface area contributed by atoms with E-state index in [0.29, 0.717) is 21.5 Å². The highest BCUT2D eigenvalue weighted by Gasteiger charge is 2.04. The summed E-state index contributed by atoms with van der Waals surface area (Å²) in [6.07, 6.45) is 0. The molecule has 18 heavy (non-hydrogen) atoms. The summed E-state index contributed by atoms with van der Waals surface area (Å²) in [5.41, 5.74) is 0.577. The molecule has 92 valence electrons. The van der Waals surface area contributed by atoms with Crippen molar-refractivity contribution in [1.82, 2.24) is 0 Å². The van der Waals surface area contributed by atoms with E-state index in [4.69, 9.17) is 4.74 Å². The Kier molecular flexibility index (Phi) is 3.77. The normalized spacial score (nSPS) is 10.2. The molecule has 0 atom stereocenters. The maximum Gasteiger partial charge on any atom is 0.159 e. The van der Waals surface area contributed by atoms with Crippen molar-refractivity contribution in [2.75, 3.05) is 0 Å². The van der Waals surface area contributed by atoms with Gasteiger partial charge in [0, 0.05) is 5.56 Å². The van der Waals surface area contributed by atoms with E-state index in [-0.39, 0.29) is 11.6 Å². The molecule has 0 saturated heterocycles. The first-order valence-corrected chi connectivity index (χ1v) is 6.09. The molecule has 2 aromatic rings. The number of ether oxygens (including phenoxy) is 1. The van der Waals surface area contributed by atoms with Crippen LogP contribution >= 0.6 is 15.9 Å². The number of ketones is 1. The van der Waals surface area contributed by atoms with Crippen LogP contribution in [0.25, 0.3) is 0 Å². The number of hydrogen-bond acceptors (Lipinski definition) is 2. The highest BCUT2D eigenvalue weighted by Crippen LogP contribution is 2.26. The minimum atomic E-state index is -0.347. The van der Waals surface area contributed by atoms with Crippen LogP contribution in [0.15, 0.2) is 46.9 Å². The topological polar surface area (TPSA) is 26.3 Å². The first-order chi connectivity index (χ1) is 8.56. The molecule has 0 saturated carbocycles. The zero-order valence-electron chi connectivity index (χ0n) is 9.61. The molecule has 0 bridgehead atoms. The van der Waals surface area contributed by atoms with Gasteiger partial charge in [0.1, 0.15) is 17.3 Å². The number of halogens is 2. The van der Waals surface area contributed by atoms with Crippen LogP contribution in [0.1, 0.15) is 17.3 Å². The first kappa shape index (κ1) is 12.8. The molecule has 2 nitrogen and oxygen atoms in total. The molecule has 0 amide bonds. The highest BCUT2D eigenvalue weighted by atomic mass is 79.9. The number of hydrogen-bond donors (Lipinski definition) is 0. The molecule has 2 aromatic carbocycles. The largest absolute Gasteiger partial charge is 0.457 e. The van der Waals surface area contributed by atoms with E-state index in [1.54, 1.807) is 24.3 Å². The van der Waals surface area contributed by atoms with Crippen LogP contribution < -0.4 is 4.74 Å². The fraction of sp³-hybridized carbons (Fsp3) is 0.0714. The molecule has 0 aliphatic rings. The smallest absolute Gasteiger partial charge is 0.159 e. The molecule has 2 rings (SSSR count). The zero-order valence-corrected chi connectivity index (χ0v) is 11.2. The van der Waals surface area contributed by atoms with Gasteiger partial charge in [0.05, 0.1) is 4.47 Å². The van der Waals surface area contributed by atoms with Gasteiger partial charge in [-0.2, -0.15) is 0 Å². The average Bonchev–Trinajstić information content (AvgIpc) is 2.34. The van der Waals surface area contributed by atoms with Gasteiger partial charge >= 0.3 is 0 Å². The summed E-state index contributed by atoms with van der Waals surface area (Å²) in [6, 6.07) is 11.2. The SMILES string of the molecule is CC(=O)c1cccc(Oc2ccc(F)c(Br)c2)c1. The van der Waals surface area contributed by atoms with Crippen molar-refractivity contribution in [3.63, 3.8) is 0 Å². The fourth-order valence-electron chi connectivity index (χ4n) is 1.46. The van der Waals surface area contributed by atoms with E-state index in [9.17, 15) is 9.18 Å². The van der Waals surface area contributed by atoms with Crippen LogP contribution in [0.2, 0.25) is 0 Å². The summed E-state index contributed by atoms with van der Waals surface area (Å²) < 4.78 is 19.0. The number of carbonyl (C=O) groups excluding carboxylic acids is 1. The van der Waals surface area contributed by atoms with Crippen molar-refractivity contribution in [1.29, 1.82) is 0 Å². The maximum atomic E-state index is 13.1. The lowest BCUT2D eigenvalue weighted by Crippen LogP contribution is -1.92. The van der Waals surface area contributed by atoms with Crippen molar-refractivity contribution in [2.45, 2.75) is 6.92 Å². The number of benzene rings is 2. The molecule has 0 aliphatic heterocycles. The van der Waals surface area contributed by atoms with Crippen molar-refractivity contribution >= 4 is 21.7 Å². The van der Waals surface area contributed by atoms with Crippen molar-refractivity contribution in [3.05, 3.63) is 58.3 Å². The van der Waals surface area contributed by atoms with Crippen LogP contribution in [-0.4, -0.2) is 5.78 Å². The Hall–Kier alpha value is -1.68. The molecule has 0 aliphatic carbocycles. The quantitative estimate of drug-likeness (QED) is 0.776. The third-order valence-electron chi connectivity index (χ3n) is 2.37. The predicted molar refractivity (Wildman–Crippen MR) is 70.6 cm³/mol. The Morgan fingerprint density at radius 3 is 2.56 bits per heavy atom. The van der Waals surface area contributed by atoms with Crippen LogP contribution in [0.3, 0.4) is 0 Å². The van der Waals surface area contributed by atoms with E-state index >= 15 is 0 Å². The van der Waals surface area contributed by atoms with E-state index in [1.165, 1.54) is 25.1 Å². The van der Waals surface area contributed by atoms with Gasteiger partial charge in [0.15, 0.2) is 5.78 Å². The second-order valence-corrected chi connectivity index (χ2v) is 4.62. The molecule has 0 heterocycles. The summed E-state index contributed by atoms with van der Waals surface area (Å²) in [5, 5.41) is 0. The Balaban J connectivity index is 2.25. The summed E-state index contributed by atoms with van der Waals surface area (Å²) in [5.74, 6) is 0.672. The second kappa shape index (κ2) is 5.31. The molecule has 0 unspecified atom stereocenters. The lowest BCUT2D eigenvalue weighted by molar-refractivity contribution is 0.101. The molecule has 0 radical (unpaired) electrons. The summed E-state index contributed by atoms with van der Waals surface area (Å²) in [4.78, 5) is 11.2. The Bertz CT molecular complexity index is 596. The molecule has 4 heteroatoms. The van der Waals surface area contributed by atoms with Gasteiger partial charge in [-0.3, -0.25) is 4.79 Å². The number of Topliss-reactive ketones (excluding diaryl/α,β-unsaturated/α-hetero) is 1. The third kappa shape index (κ3) is 2.96. The maximum absolute atomic E-state index is 13.1. The van der Waals surface area contributed by atoms with Gasteiger partial charge in [0.25, 0.3) is 0 Å². The zero-order chi connectivity index (χ0) is 13.1. The monoisotopic (exact) mass is 308 g/mol. The number of carbonyl (C=O) groups is 1. The summed E-state index contributed by atoms with van der Waals surface area (Å²) >= 11 is 3.09. The minimum Gasteiger partial charge on any atom is -0.457 e. The minimum absolute atomic E-state index is 0.0271. The Labute approximate surface area is 113 Å². The van der Waals surface area contributed by atoms with E-state index in [2.05, 4.69) is 15.9 Å². The standard InChI is InChI=1S/C14H10BrFO2/c1-9(17)10-3-2-4-11(7-10)18-12-5-6-14(16)13(15)8-12/h2-8H,1H3. The summed E-state index contributed by atoms with van der Waals surface area (Å²) in [6.45, 7) is 1.49. The van der Waals surface area contributed by atoms with Crippen molar-refractivity contribution in [2.24, 2.45) is 0 Å². The van der Waals surface area contributed by atoms with Gasteiger partial charge in [-0.1, -0.05) is 12.1 Å². The third-order valence-corrected chi connectivity index (χ3v) is 2.98. The van der Waals surface area contributed by atoms with E-state index in [1.807, 2.05) is 0 Å². The molecule has 0 fully saturated rings. The van der Waals surface area contributed by atoms with Crippen LogP contribution in [0.4, 0.5) is 4.39 Å². The molecule has 0 spiro atoms. The Morgan fingerprint density at radius 1 is 1.17 bits per heavy atom. The van der Waals surface area contributed by atoms with Gasteiger partial charge in [-0.05, 0) is 53.2 Å². The molecular weight excluding hydrogens is 299 g/mol. The lowest BCUT2D eigenvalue weighted by atomic mass is 10.1. The molecular formula is C14H10BrFO2. The molecule has 0 N–H and O–H groups in total. The van der Waals surface area contributed by atoms with Gasteiger partial charge < -0.3 is 4.74 Å². The van der Waals surface area contributed by atoms with Gasteiger partial charge in [0.2, 0.25) is 0 Å². The van der Waals surface area contributed by atoms with Gasteiger partial charge in [-0.15, -0.1) is 0 Å². The average molecular weight is 309 g/mol. The highest BCUT2D eigenvalue weighted by molar-refractivity contribution is 9.10. The summed E-state index contributed by atoms with van der Waals surface area (Å²) in [7, 11) is 0.